The number of sulfonamides is 2. The van der Waals surface area contributed by atoms with E-state index in [1.165, 1.54) is 34.6 Å². The second kappa shape index (κ2) is 12.7. The maximum Gasteiger partial charge on any atom is 0.244 e. The van der Waals surface area contributed by atoms with Gasteiger partial charge in [-0.1, -0.05) is 36.5 Å². The van der Waals surface area contributed by atoms with Crippen LogP contribution in [0.3, 0.4) is 0 Å². The third kappa shape index (κ3) is 7.51. The van der Waals surface area contributed by atoms with Crippen LogP contribution in [0.15, 0.2) is 47.4 Å². The summed E-state index contributed by atoms with van der Waals surface area (Å²) >= 11 is 12.0. The number of piperidine rings is 1. The standard InChI is InChI=1S/C24H31Cl2N3O6S2/c1-3-23(29(36(2,31)32)18-7-12-21(25)22(26)17-18)24(30)27-13-16-35-19-8-10-20(11-9-19)37(33,34)28-14-5-4-6-15-28/h7-12,17,23H,3-6,13-16H2,1-2H3,(H,27,30)/t23-/m1/s1. The van der Waals surface area contributed by atoms with Crippen LogP contribution < -0.4 is 14.4 Å². The number of halogens is 2. The zero-order valence-corrected chi connectivity index (χ0v) is 23.8. The monoisotopic (exact) mass is 591 g/mol. The predicted molar refractivity (Wildman–Crippen MR) is 145 cm³/mol. The van der Waals surface area contributed by atoms with Gasteiger partial charge in [-0.05, 0) is 61.7 Å². The van der Waals surface area contributed by atoms with Crippen molar-refractivity contribution in [3.63, 3.8) is 0 Å². The Balaban J connectivity index is 1.59. The Morgan fingerprint density at radius 3 is 2.24 bits per heavy atom. The Morgan fingerprint density at radius 1 is 1.03 bits per heavy atom. The normalized spacial score (nSPS) is 15.7. The molecule has 3 rings (SSSR count). The minimum Gasteiger partial charge on any atom is -0.492 e. The van der Waals surface area contributed by atoms with Crippen molar-refractivity contribution in [3.05, 3.63) is 52.5 Å². The summed E-state index contributed by atoms with van der Waals surface area (Å²) in [5.74, 6) is -0.0435. The number of amides is 1. The van der Waals surface area contributed by atoms with Crippen molar-refractivity contribution in [2.45, 2.75) is 43.5 Å². The number of carbonyl (C=O) groups excluding carboxylic acids is 1. The van der Waals surface area contributed by atoms with Gasteiger partial charge in [-0.25, -0.2) is 16.8 Å². The van der Waals surface area contributed by atoms with E-state index in [9.17, 15) is 21.6 Å². The lowest BCUT2D eigenvalue weighted by atomic mass is 10.2. The molecular formula is C24H31Cl2N3O6S2. The summed E-state index contributed by atoms with van der Waals surface area (Å²) in [6, 6.07) is 9.51. The number of rotatable bonds is 11. The molecule has 13 heteroatoms. The van der Waals surface area contributed by atoms with Crippen LogP contribution >= 0.6 is 23.2 Å². The summed E-state index contributed by atoms with van der Waals surface area (Å²) in [5.41, 5.74) is 0.231. The van der Waals surface area contributed by atoms with Crippen LogP contribution in [0.25, 0.3) is 0 Å². The molecule has 0 bridgehead atoms. The highest BCUT2D eigenvalue weighted by atomic mass is 35.5. The molecule has 0 radical (unpaired) electrons. The molecule has 1 atom stereocenters. The van der Waals surface area contributed by atoms with Crippen LogP contribution in [0.4, 0.5) is 5.69 Å². The Bertz CT molecular complexity index is 1300. The first-order chi connectivity index (χ1) is 17.4. The molecule has 1 heterocycles. The van der Waals surface area contributed by atoms with Crippen molar-refractivity contribution < 1.29 is 26.4 Å². The topological polar surface area (TPSA) is 113 Å². The first-order valence-electron chi connectivity index (χ1n) is 11.9. The molecule has 0 unspecified atom stereocenters. The van der Waals surface area contributed by atoms with Crippen LogP contribution in [0.2, 0.25) is 10.0 Å². The van der Waals surface area contributed by atoms with Crippen molar-refractivity contribution in [1.29, 1.82) is 0 Å². The third-order valence-corrected chi connectivity index (χ3v) is 9.77. The summed E-state index contributed by atoms with van der Waals surface area (Å²) < 4.78 is 58.8. The van der Waals surface area contributed by atoms with E-state index < -0.39 is 32.0 Å². The minimum absolute atomic E-state index is 0.103. The molecule has 2 aromatic rings. The fourth-order valence-corrected chi connectivity index (χ4v) is 7.12. The highest BCUT2D eigenvalue weighted by Gasteiger charge is 2.31. The molecule has 9 nitrogen and oxygen atoms in total. The molecule has 0 aromatic heterocycles. The molecule has 1 N–H and O–H groups in total. The maximum absolute atomic E-state index is 12.9. The first kappa shape index (κ1) is 29.5. The molecule has 204 valence electrons. The zero-order chi connectivity index (χ0) is 27.2. The number of anilines is 1. The van der Waals surface area contributed by atoms with E-state index in [0.29, 0.717) is 18.8 Å². The quantitative estimate of drug-likeness (QED) is 0.396. The summed E-state index contributed by atoms with van der Waals surface area (Å²) in [6.07, 6.45) is 3.99. The number of nitrogens with zero attached hydrogens (tertiary/aromatic N) is 2. The molecule has 37 heavy (non-hydrogen) atoms. The number of carbonyl (C=O) groups is 1. The van der Waals surface area contributed by atoms with Gasteiger partial charge in [-0.3, -0.25) is 9.10 Å². The molecule has 0 saturated carbocycles. The van der Waals surface area contributed by atoms with Crippen molar-refractivity contribution >= 4 is 54.8 Å². The summed E-state index contributed by atoms with van der Waals surface area (Å²) in [6.45, 7) is 2.98. The van der Waals surface area contributed by atoms with Crippen molar-refractivity contribution in [3.8, 4) is 5.75 Å². The highest BCUT2D eigenvalue weighted by molar-refractivity contribution is 7.92. The van der Waals surface area contributed by atoms with Gasteiger partial charge in [-0.15, -0.1) is 0 Å². The van der Waals surface area contributed by atoms with Gasteiger partial charge in [0.2, 0.25) is 26.0 Å². The second-order valence-electron chi connectivity index (χ2n) is 8.66. The summed E-state index contributed by atoms with van der Waals surface area (Å²) in [4.78, 5) is 13.1. The van der Waals surface area contributed by atoms with Gasteiger partial charge in [0.15, 0.2) is 0 Å². The lowest BCUT2D eigenvalue weighted by molar-refractivity contribution is -0.122. The van der Waals surface area contributed by atoms with Gasteiger partial charge in [0.25, 0.3) is 0 Å². The van der Waals surface area contributed by atoms with Gasteiger partial charge in [0.1, 0.15) is 18.4 Å². The molecule has 1 aliphatic heterocycles. The molecule has 0 spiro atoms. The van der Waals surface area contributed by atoms with Crippen LogP contribution in [0.5, 0.6) is 5.75 Å². The predicted octanol–water partition coefficient (Wildman–Crippen LogP) is 3.91. The fourth-order valence-electron chi connectivity index (χ4n) is 4.11. The lowest BCUT2D eigenvalue weighted by Gasteiger charge is -2.30. The summed E-state index contributed by atoms with van der Waals surface area (Å²) in [7, 11) is -7.34. The Kier molecular flexibility index (Phi) is 10.1. The van der Waals surface area contributed by atoms with E-state index >= 15 is 0 Å². The van der Waals surface area contributed by atoms with Crippen molar-refractivity contribution in [2.24, 2.45) is 0 Å². The number of ether oxygens (including phenoxy) is 1. The van der Waals surface area contributed by atoms with E-state index in [4.69, 9.17) is 27.9 Å². The van der Waals surface area contributed by atoms with E-state index in [-0.39, 0.29) is 40.2 Å². The van der Waals surface area contributed by atoms with Gasteiger partial charge >= 0.3 is 0 Å². The second-order valence-corrected chi connectivity index (χ2v) is 13.3. The van der Waals surface area contributed by atoms with Crippen LogP contribution in [-0.2, 0) is 24.8 Å². The Labute approximate surface area is 228 Å². The van der Waals surface area contributed by atoms with Crippen molar-refractivity contribution in [1.82, 2.24) is 9.62 Å². The first-order valence-corrected chi connectivity index (χ1v) is 15.9. The Hall–Kier alpha value is -2.05. The number of nitrogens with one attached hydrogen (secondary N) is 1. The fraction of sp³-hybridized carbons (Fsp3) is 0.458. The molecule has 1 aliphatic rings. The van der Waals surface area contributed by atoms with Crippen LogP contribution in [-0.4, -0.2) is 65.6 Å². The molecule has 1 fully saturated rings. The van der Waals surface area contributed by atoms with Gasteiger partial charge in [0, 0.05) is 13.1 Å². The largest absolute Gasteiger partial charge is 0.492 e. The van der Waals surface area contributed by atoms with Gasteiger partial charge in [0.05, 0.1) is 33.4 Å². The van der Waals surface area contributed by atoms with Crippen LogP contribution in [0, 0.1) is 0 Å². The van der Waals surface area contributed by atoms with Gasteiger partial charge in [-0.2, -0.15) is 4.31 Å². The average Bonchev–Trinajstić information content (AvgIpc) is 2.87. The summed E-state index contributed by atoms with van der Waals surface area (Å²) in [5, 5.41) is 3.14. The number of hydrogen-bond acceptors (Lipinski definition) is 6. The van der Waals surface area contributed by atoms with Crippen molar-refractivity contribution in [2.75, 3.05) is 36.8 Å². The van der Waals surface area contributed by atoms with E-state index in [1.807, 2.05) is 0 Å². The zero-order valence-electron chi connectivity index (χ0n) is 20.7. The van der Waals surface area contributed by atoms with E-state index in [2.05, 4.69) is 5.32 Å². The maximum atomic E-state index is 12.9. The molecule has 0 aliphatic carbocycles. The van der Waals surface area contributed by atoms with E-state index in [1.54, 1.807) is 19.1 Å². The molecule has 2 aromatic carbocycles. The smallest absolute Gasteiger partial charge is 0.244 e. The molecular weight excluding hydrogens is 561 g/mol. The minimum atomic E-state index is -3.82. The number of benzene rings is 2. The number of hydrogen-bond donors (Lipinski definition) is 1. The third-order valence-electron chi connectivity index (χ3n) is 5.93. The van der Waals surface area contributed by atoms with E-state index in [0.717, 1.165) is 29.8 Å². The average molecular weight is 593 g/mol. The van der Waals surface area contributed by atoms with Crippen LogP contribution in [0.1, 0.15) is 32.6 Å². The van der Waals surface area contributed by atoms with Gasteiger partial charge < -0.3 is 10.1 Å². The highest BCUT2D eigenvalue weighted by Crippen LogP contribution is 2.30. The molecule has 1 saturated heterocycles. The lowest BCUT2D eigenvalue weighted by Crippen LogP contribution is -2.50. The SMILES string of the molecule is CC[C@H](C(=O)NCCOc1ccc(S(=O)(=O)N2CCCCC2)cc1)N(c1ccc(Cl)c(Cl)c1)S(C)(=O)=O. The molecule has 1 amide bonds. The Morgan fingerprint density at radius 2 is 1.68 bits per heavy atom.